The number of aliphatic hydroxyl groups is 1. The summed E-state index contributed by atoms with van der Waals surface area (Å²) < 4.78 is 10.1. The van der Waals surface area contributed by atoms with Gasteiger partial charge in [-0.05, 0) is 37.1 Å². The van der Waals surface area contributed by atoms with E-state index in [9.17, 15) is 9.90 Å². The van der Waals surface area contributed by atoms with Gasteiger partial charge < -0.3 is 19.9 Å². The molecule has 1 aromatic carbocycles. The van der Waals surface area contributed by atoms with Crippen molar-refractivity contribution in [3.63, 3.8) is 0 Å². The van der Waals surface area contributed by atoms with Crippen LogP contribution in [0.15, 0.2) is 24.3 Å². The van der Waals surface area contributed by atoms with Crippen LogP contribution in [0.25, 0.3) is 0 Å². The van der Waals surface area contributed by atoms with Gasteiger partial charge in [0.05, 0.1) is 12.7 Å². The molecular formula is C16H23NO4. The number of hydrogen-bond acceptors (Lipinski definition) is 5. The number of ether oxygens (including phenoxy) is 2. The van der Waals surface area contributed by atoms with E-state index in [0.29, 0.717) is 23.9 Å². The molecule has 0 aliphatic heterocycles. The number of esters is 1. The summed E-state index contributed by atoms with van der Waals surface area (Å²) in [5.74, 6) is 0.255. The van der Waals surface area contributed by atoms with E-state index in [-0.39, 0.29) is 12.6 Å². The fraction of sp³-hybridized carbons (Fsp3) is 0.562. The molecule has 0 saturated heterocycles. The highest BCUT2D eigenvalue weighted by molar-refractivity contribution is 5.89. The van der Waals surface area contributed by atoms with Gasteiger partial charge in [0.15, 0.2) is 0 Å². The highest BCUT2D eigenvalue weighted by Gasteiger charge is 2.15. The molecule has 0 radical (unpaired) electrons. The number of carbonyl (C=O) groups excluding carboxylic acids is 1. The Kier molecular flexibility index (Phi) is 6.02. The first-order valence-corrected chi connectivity index (χ1v) is 7.41. The summed E-state index contributed by atoms with van der Waals surface area (Å²) in [4.78, 5) is 11.3. The van der Waals surface area contributed by atoms with E-state index < -0.39 is 6.10 Å². The monoisotopic (exact) mass is 293 g/mol. The highest BCUT2D eigenvalue weighted by atomic mass is 16.5. The van der Waals surface area contributed by atoms with Crippen LogP contribution < -0.4 is 10.1 Å². The molecule has 0 spiro atoms. The van der Waals surface area contributed by atoms with Crippen molar-refractivity contribution in [2.24, 2.45) is 0 Å². The topological polar surface area (TPSA) is 67.8 Å². The maximum atomic E-state index is 11.3. The third-order valence-electron chi connectivity index (χ3n) is 3.72. The van der Waals surface area contributed by atoms with Crippen molar-refractivity contribution in [2.45, 2.75) is 37.8 Å². The average Bonchev–Trinajstić information content (AvgIpc) is 3.04. The van der Waals surface area contributed by atoms with Gasteiger partial charge in [-0.1, -0.05) is 12.8 Å². The zero-order valence-electron chi connectivity index (χ0n) is 12.4. The molecule has 5 nitrogen and oxygen atoms in total. The van der Waals surface area contributed by atoms with E-state index in [1.54, 1.807) is 24.3 Å². The van der Waals surface area contributed by atoms with Crippen molar-refractivity contribution < 1.29 is 19.4 Å². The first-order valence-electron chi connectivity index (χ1n) is 7.41. The third-order valence-corrected chi connectivity index (χ3v) is 3.72. The lowest BCUT2D eigenvalue weighted by Crippen LogP contribution is -2.36. The van der Waals surface area contributed by atoms with Crippen LogP contribution in [-0.4, -0.2) is 43.5 Å². The number of hydrogen-bond donors (Lipinski definition) is 2. The first-order chi connectivity index (χ1) is 10.2. The quantitative estimate of drug-likeness (QED) is 0.750. The van der Waals surface area contributed by atoms with Gasteiger partial charge in [-0.25, -0.2) is 4.79 Å². The maximum absolute atomic E-state index is 11.3. The summed E-state index contributed by atoms with van der Waals surface area (Å²) >= 11 is 0. The molecule has 1 atom stereocenters. The number of benzene rings is 1. The zero-order valence-corrected chi connectivity index (χ0v) is 12.4. The molecule has 1 aliphatic rings. The molecule has 1 aliphatic carbocycles. The first kappa shape index (κ1) is 15.8. The predicted molar refractivity (Wildman–Crippen MR) is 79.5 cm³/mol. The lowest BCUT2D eigenvalue weighted by atomic mass is 10.2. The molecule has 0 bridgehead atoms. The van der Waals surface area contributed by atoms with Gasteiger partial charge in [-0.2, -0.15) is 0 Å². The molecule has 1 aromatic rings. The Balaban J connectivity index is 1.70. The molecule has 2 N–H and O–H groups in total. The Bertz CT molecular complexity index is 440. The minimum atomic E-state index is -0.536. The van der Waals surface area contributed by atoms with Crippen LogP contribution in [0.3, 0.4) is 0 Å². The smallest absolute Gasteiger partial charge is 0.337 e. The number of carbonyl (C=O) groups is 1. The third kappa shape index (κ3) is 5.02. The van der Waals surface area contributed by atoms with Crippen molar-refractivity contribution in [3.8, 4) is 5.75 Å². The molecule has 5 heteroatoms. The maximum Gasteiger partial charge on any atom is 0.337 e. The summed E-state index contributed by atoms with van der Waals surface area (Å²) in [5, 5.41) is 13.2. The summed E-state index contributed by atoms with van der Waals surface area (Å²) in [6.45, 7) is 0.780. The normalized spacial score (nSPS) is 16.7. The van der Waals surface area contributed by atoms with Crippen molar-refractivity contribution in [3.05, 3.63) is 29.8 Å². The van der Waals surface area contributed by atoms with Crippen LogP contribution in [0, 0.1) is 0 Å². The van der Waals surface area contributed by atoms with Gasteiger partial charge in [-0.3, -0.25) is 0 Å². The van der Waals surface area contributed by atoms with E-state index in [4.69, 9.17) is 4.74 Å². The lowest BCUT2D eigenvalue weighted by Gasteiger charge is -2.16. The molecule has 21 heavy (non-hydrogen) atoms. The van der Waals surface area contributed by atoms with Crippen molar-refractivity contribution in [1.82, 2.24) is 5.32 Å². The summed E-state index contributed by atoms with van der Waals surface area (Å²) in [5.41, 5.74) is 0.480. The van der Waals surface area contributed by atoms with Gasteiger partial charge in [-0.15, -0.1) is 0 Å². The summed E-state index contributed by atoms with van der Waals surface area (Å²) in [6, 6.07) is 7.22. The highest BCUT2D eigenvalue weighted by Crippen LogP contribution is 2.17. The Labute approximate surface area is 125 Å². The van der Waals surface area contributed by atoms with Gasteiger partial charge in [0.2, 0.25) is 0 Å². The van der Waals surface area contributed by atoms with E-state index >= 15 is 0 Å². The van der Waals surface area contributed by atoms with Crippen LogP contribution in [-0.2, 0) is 4.74 Å². The Morgan fingerprint density at radius 3 is 2.62 bits per heavy atom. The molecule has 2 rings (SSSR count). The second-order valence-corrected chi connectivity index (χ2v) is 5.37. The fourth-order valence-electron chi connectivity index (χ4n) is 2.49. The van der Waals surface area contributed by atoms with Gasteiger partial charge >= 0.3 is 5.97 Å². The second kappa shape index (κ2) is 8.00. The van der Waals surface area contributed by atoms with E-state index in [1.165, 1.54) is 32.8 Å². The van der Waals surface area contributed by atoms with E-state index in [2.05, 4.69) is 10.1 Å². The molecule has 0 aromatic heterocycles. The number of rotatable bonds is 7. The largest absolute Gasteiger partial charge is 0.491 e. The second-order valence-electron chi connectivity index (χ2n) is 5.37. The van der Waals surface area contributed by atoms with Crippen LogP contribution in [0.5, 0.6) is 5.75 Å². The average molecular weight is 293 g/mol. The fourth-order valence-corrected chi connectivity index (χ4v) is 2.49. The Morgan fingerprint density at radius 1 is 1.33 bits per heavy atom. The standard InChI is InChI=1S/C16H23NO4/c1-20-16(19)12-6-8-15(9-7-12)21-11-14(18)10-17-13-4-2-3-5-13/h6-9,13-14,17-18H,2-5,10-11H2,1H3/t14-/m1/s1. The molecular weight excluding hydrogens is 270 g/mol. The van der Waals surface area contributed by atoms with Crippen LogP contribution in [0.2, 0.25) is 0 Å². The Hall–Kier alpha value is -1.59. The van der Waals surface area contributed by atoms with E-state index in [1.807, 2.05) is 0 Å². The molecule has 0 heterocycles. The molecule has 0 unspecified atom stereocenters. The summed E-state index contributed by atoms with van der Waals surface area (Å²) in [6.07, 6.45) is 4.41. The van der Waals surface area contributed by atoms with Gasteiger partial charge in [0.25, 0.3) is 0 Å². The van der Waals surface area contributed by atoms with Gasteiger partial charge in [0.1, 0.15) is 18.5 Å². The number of nitrogens with one attached hydrogen (secondary N) is 1. The zero-order chi connectivity index (χ0) is 15.1. The minimum Gasteiger partial charge on any atom is -0.491 e. The summed E-state index contributed by atoms with van der Waals surface area (Å²) in [7, 11) is 1.35. The van der Waals surface area contributed by atoms with Crippen molar-refractivity contribution >= 4 is 5.97 Å². The number of methoxy groups -OCH3 is 1. The number of aliphatic hydroxyl groups excluding tert-OH is 1. The predicted octanol–water partition coefficient (Wildman–Crippen LogP) is 1.75. The van der Waals surface area contributed by atoms with Crippen molar-refractivity contribution in [1.29, 1.82) is 0 Å². The van der Waals surface area contributed by atoms with Crippen molar-refractivity contribution in [2.75, 3.05) is 20.3 Å². The minimum absolute atomic E-state index is 0.233. The molecule has 116 valence electrons. The molecule has 1 fully saturated rings. The van der Waals surface area contributed by atoms with Crippen LogP contribution >= 0.6 is 0 Å². The SMILES string of the molecule is COC(=O)c1ccc(OC[C@H](O)CNC2CCCC2)cc1. The van der Waals surface area contributed by atoms with Crippen LogP contribution in [0.4, 0.5) is 0 Å². The molecule has 1 saturated carbocycles. The van der Waals surface area contributed by atoms with E-state index in [0.717, 1.165) is 0 Å². The van der Waals surface area contributed by atoms with Gasteiger partial charge in [0, 0.05) is 12.6 Å². The lowest BCUT2D eigenvalue weighted by molar-refractivity contribution is 0.0600. The van der Waals surface area contributed by atoms with Crippen LogP contribution in [0.1, 0.15) is 36.0 Å². The Morgan fingerprint density at radius 2 is 2.00 bits per heavy atom. The molecule has 0 amide bonds.